The first-order valence-corrected chi connectivity index (χ1v) is 14.4. The maximum atomic E-state index is 12.6. The van der Waals surface area contributed by atoms with Crippen molar-refractivity contribution in [3.63, 3.8) is 0 Å². The Labute approximate surface area is 203 Å². The van der Waals surface area contributed by atoms with Crippen LogP contribution in [0.2, 0.25) is 18.1 Å². The number of benzene rings is 2. The number of ether oxygens (including phenoxy) is 2. The Morgan fingerprint density at radius 3 is 1.97 bits per heavy atom. The van der Waals surface area contributed by atoms with Gasteiger partial charge >= 0.3 is 12.1 Å². The molecule has 0 saturated heterocycles. The van der Waals surface area contributed by atoms with Crippen LogP contribution in [0.3, 0.4) is 0 Å². The Morgan fingerprint density at radius 1 is 0.941 bits per heavy atom. The van der Waals surface area contributed by atoms with Crippen molar-refractivity contribution in [2.24, 2.45) is 0 Å². The number of rotatable bonds is 12. The maximum Gasteiger partial charge on any atom is 0.407 e. The van der Waals surface area contributed by atoms with Crippen molar-refractivity contribution >= 4 is 20.4 Å². The molecule has 0 unspecified atom stereocenters. The minimum absolute atomic E-state index is 0.0852. The summed E-state index contributed by atoms with van der Waals surface area (Å²) >= 11 is 0. The number of amides is 1. The van der Waals surface area contributed by atoms with Crippen molar-refractivity contribution in [2.75, 3.05) is 6.61 Å². The Kier molecular flexibility index (Phi) is 10.3. The fourth-order valence-corrected chi connectivity index (χ4v) is 4.39. The highest BCUT2D eigenvalue weighted by molar-refractivity contribution is 6.74. The van der Waals surface area contributed by atoms with Gasteiger partial charge in [0.1, 0.15) is 6.61 Å². The van der Waals surface area contributed by atoms with Crippen LogP contribution in [0, 0.1) is 0 Å². The van der Waals surface area contributed by atoms with Gasteiger partial charge in [-0.2, -0.15) is 0 Å². The van der Waals surface area contributed by atoms with Gasteiger partial charge < -0.3 is 24.3 Å². The Hall–Kier alpha value is -2.68. The van der Waals surface area contributed by atoms with E-state index in [2.05, 4.69) is 39.2 Å². The van der Waals surface area contributed by atoms with Gasteiger partial charge in [0.2, 0.25) is 0 Å². The summed E-state index contributed by atoms with van der Waals surface area (Å²) in [6, 6.07) is 18.3. The van der Waals surface area contributed by atoms with E-state index in [0.29, 0.717) is 6.61 Å². The highest BCUT2D eigenvalue weighted by Gasteiger charge is 2.41. The van der Waals surface area contributed by atoms with Gasteiger partial charge in [0.25, 0.3) is 0 Å². The molecular formula is C26H37NO6Si. The molecule has 0 saturated carbocycles. The van der Waals surface area contributed by atoms with Crippen molar-refractivity contribution in [3.05, 3.63) is 71.8 Å². The van der Waals surface area contributed by atoms with E-state index in [-0.39, 0.29) is 24.7 Å². The highest BCUT2D eigenvalue weighted by atomic mass is 28.4. The Balaban J connectivity index is 2.14. The van der Waals surface area contributed by atoms with E-state index in [1.54, 1.807) is 0 Å². The third kappa shape index (κ3) is 9.28. The molecule has 2 rings (SSSR count). The third-order valence-electron chi connectivity index (χ3n) is 6.00. The second-order valence-corrected chi connectivity index (χ2v) is 14.6. The van der Waals surface area contributed by atoms with Crippen molar-refractivity contribution in [2.45, 2.75) is 70.7 Å². The zero-order valence-electron chi connectivity index (χ0n) is 20.7. The van der Waals surface area contributed by atoms with Gasteiger partial charge in [-0.3, -0.25) is 4.79 Å². The first kappa shape index (κ1) is 27.6. The van der Waals surface area contributed by atoms with Crippen LogP contribution in [0.1, 0.15) is 38.3 Å². The highest BCUT2D eigenvalue weighted by Crippen LogP contribution is 2.38. The molecular weight excluding hydrogens is 450 g/mol. The van der Waals surface area contributed by atoms with E-state index in [0.717, 1.165) is 11.1 Å². The van der Waals surface area contributed by atoms with Crippen LogP contribution in [-0.4, -0.2) is 44.2 Å². The summed E-state index contributed by atoms with van der Waals surface area (Å²) in [7, 11) is -2.33. The molecule has 2 aromatic carbocycles. The van der Waals surface area contributed by atoms with Gasteiger partial charge in [-0.05, 0) is 29.3 Å². The molecule has 1 amide bonds. The molecule has 0 radical (unpaired) electrons. The Morgan fingerprint density at radius 2 is 1.47 bits per heavy atom. The first-order valence-electron chi connectivity index (χ1n) is 11.5. The summed E-state index contributed by atoms with van der Waals surface area (Å²) < 4.78 is 17.7. The molecule has 0 bridgehead atoms. The third-order valence-corrected chi connectivity index (χ3v) is 10.5. The molecule has 2 aromatic rings. The molecule has 34 heavy (non-hydrogen) atoms. The maximum absolute atomic E-state index is 12.6. The topological polar surface area (TPSA) is 94.1 Å². The van der Waals surface area contributed by atoms with Crippen molar-refractivity contribution in [1.29, 1.82) is 0 Å². The van der Waals surface area contributed by atoms with E-state index in [4.69, 9.17) is 13.9 Å². The monoisotopic (exact) mass is 487 g/mol. The molecule has 0 aliphatic heterocycles. The lowest BCUT2D eigenvalue weighted by Gasteiger charge is -2.41. The summed E-state index contributed by atoms with van der Waals surface area (Å²) in [6.07, 6.45) is -1.67. The molecule has 0 heterocycles. The zero-order valence-corrected chi connectivity index (χ0v) is 21.7. The van der Waals surface area contributed by atoms with Crippen LogP contribution in [0.25, 0.3) is 0 Å². The number of carboxylic acids is 1. The van der Waals surface area contributed by atoms with Gasteiger partial charge in [0.15, 0.2) is 8.32 Å². The van der Waals surface area contributed by atoms with Crippen molar-refractivity contribution in [1.82, 2.24) is 5.32 Å². The number of carboxylic acid groups (broad SMARTS) is 1. The lowest BCUT2D eigenvalue weighted by atomic mass is 10.1. The van der Waals surface area contributed by atoms with Crippen LogP contribution in [-0.2, 0) is 31.9 Å². The summed E-state index contributed by atoms with van der Waals surface area (Å²) in [5.74, 6) is -1.00. The second kappa shape index (κ2) is 12.7. The van der Waals surface area contributed by atoms with E-state index < -0.39 is 32.5 Å². The summed E-state index contributed by atoms with van der Waals surface area (Å²) in [5, 5.41) is 12.2. The van der Waals surface area contributed by atoms with E-state index in [1.807, 2.05) is 60.7 Å². The quantitative estimate of drug-likeness (QED) is 0.391. The first-order chi connectivity index (χ1) is 16.0. The van der Waals surface area contributed by atoms with Crippen LogP contribution >= 0.6 is 0 Å². The normalized spacial score (nSPS) is 13.7. The van der Waals surface area contributed by atoms with Crippen molar-refractivity contribution in [3.8, 4) is 0 Å². The average molecular weight is 488 g/mol. The number of nitrogens with one attached hydrogen (secondary N) is 1. The molecule has 2 N–H and O–H groups in total. The van der Waals surface area contributed by atoms with Gasteiger partial charge in [0.05, 0.1) is 31.8 Å². The van der Waals surface area contributed by atoms with Gasteiger partial charge in [-0.15, -0.1) is 0 Å². The fraction of sp³-hybridized carbons (Fsp3) is 0.462. The Bertz CT molecular complexity index is 899. The number of hydrogen-bond donors (Lipinski definition) is 2. The molecule has 0 aliphatic carbocycles. The van der Waals surface area contributed by atoms with E-state index >= 15 is 0 Å². The predicted molar refractivity (Wildman–Crippen MR) is 134 cm³/mol. The molecule has 0 aromatic heterocycles. The van der Waals surface area contributed by atoms with E-state index in [9.17, 15) is 14.7 Å². The van der Waals surface area contributed by atoms with Crippen LogP contribution < -0.4 is 5.32 Å². The SMILES string of the molecule is CC(C)(C)[Si](C)(C)O[C@H](CC(=O)O)[C@H](COCc1ccccc1)NC(=O)OCc1ccccc1. The zero-order chi connectivity index (χ0) is 25.2. The summed E-state index contributed by atoms with van der Waals surface area (Å²) in [4.78, 5) is 24.3. The minimum atomic E-state index is -2.33. The van der Waals surface area contributed by atoms with Crippen LogP contribution in [0.15, 0.2) is 60.7 Å². The van der Waals surface area contributed by atoms with Crippen molar-refractivity contribution < 1.29 is 28.6 Å². The molecule has 2 atom stereocenters. The van der Waals surface area contributed by atoms with Gasteiger partial charge in [-0.1, -0.05) is 81.4 Å². The number of alkyl carbamates (subject to hydrolysis) is 1. The predicted octanol–water partition coefficient (Wildman–Crippen LogP) is 5.36. The number of carbonyl (C=O) groups is 2. The molecule has 8 heteroatoms. The van der Waals surface area contributed by atoms with E-state index in [1.165, 1.54) is 0 Å². The molecule has 186 valence electrons. The smallest absolute Gasteiger partial charge is 0.407 e. The molecule has 0 fully saturated rings. The van der Waals surface area contributed by atoms with Gasteiger partial charge in [-0.25, -0.2) is 4.79 Å². The minimum Gasteiger partial charge on any atom is -0.481 e. The average Bonchev–Trinajstić information content (AvgIpc) is 2.77. The van der Waals surface area contributed by atoms with Gasteiger partial charge in [0, 0.05) is 0 Å². The lowest BCUT2D eigenvalue weighted by molar-refractivity contribution is -0.139. The number of aliphatic carboxylic acids is 1. The fourth-order valence-electron chi connectivity index (χ4n) is 3.03. The lowest BCUT2D eigenvalue weighted by Crippen LogP contribution is -2.54. The number of carbonyl (C=O) groups excluding carboxylic acids is 1. The van der Waals surface area contributed by atoms with Crippen LogP contribution in [0.4, 0.5) is 4.79 Å². The second-order valence-electron chi connectivity index (χ2n) is 9.83. The van der Waals surface area contributed by atoms with Crippen LogP contribution in [0.5, 0.6) is 0 Å². The molecule has 7 nitrogen and oxygen atoms in total. The largest absolute Gasteiger partial charge is 0.481 e. The summed E-state index contributed by atoms with van der Waals surface area (Å²) in [6.45, 7) is 10.9. The number of hydrogen-bond acceptors (Lipinski definition) is 5. The summed E-state index contributed by atoms with van der Waals surface area (Å²) in [5.41, 5.74) is 1.84. The standard InChI is InChI=1S/C26H37NO6Si/c1-26(2,3)34(4,5)33-23(16-24(28)29)22(19-31-17-20-12-8-6-9-13-20)27-25(30)32-18-21-14-10-7-11-15-21/h6-15,22-23H,16-19H2,1-5H3,(H,27,30)(H,28,29)/t22-,23+/m0/s1. The molecule has 0 spiro atoms. The molecule has 0 aliphatic rings.